The maximum Gasteiger partial charge on any atom is 0.228 e. The van der Waals surface area contributed by atoms with Gasteiger partial charge in [-0.3, -0.25) is 4.79 Å². The molecule has 134 valence electrons. The van der Waals surface area contributed by atoms with E-state index in [-0.39, 0.29) is 36.6 Å². The highest BCUT2D eigenvalue weighted by atomic mass is 35.5. The lowest BCUT2D eigenvalue weighted by Crippen LogP contribution is -2.31. The second-order valence-corrected chi connectivity index (χ2v) is 7.10. The van der Waals surface area contributed by atoms with E-state index in [0.29, 0.717) is 5.41 Å². The van der Waals surface area contributed by atoms with Crippen LogP contribution in [0.2, 0.25) is 0 Å². The van der Waals surface area contributed by atoms with E-state index in [4.69, 9.17) is 0 Å². The number of hydrogen-bond acceptors (Lipinski definition) is 3. The highest BCUT2D eigenvalue weighted by Gasteiger charge is 2.57. The van der Waals surface area contributed by atoms with Crippen LogP contribution in [0.4, 0.5) is 11.4 Å². The standard InChI is InChI=1S/C18H25N3O.2ClH/c22-17(16-13-18(16)6-8-19-9-7-18)20-14-4-3-5-15(12-14)21-10-1-2-11-21;;/h3-5,12,16,19H,1-2,6-11,13H2,(H,20,22);2*1H. The van der Waals surface area contributed by atoms with Gasteiger partial charge in [0.1, 0.15) is 0 Å². The zero-order valence-corrected chi connectivity index (χ0v) is 15.6. The maximum atomic E-state index is 12.5. The number of hydrogen-bond donors (Lipinski definition) is 2. The van der Waals surface area contributed by atoms with Gasteiger partial charge in [-0.1, -0.05) is 6.07 Å². The molecular formula is C18H27Cl2N3O. The predicted octanol–water partition coefficient (Wildman–Crippen LogP) is 3.46. The first-order valence-corrected chi connectivity index (χ1v) is 8.63. The van der Waals surface area contributed by atoms with Gasteiger partial charge in [0.15, 0.2) is 0 Å². The third kappa shape index (κ3) is 3.81. The molecule has 2 N–H and O–H groups in total. The molecule has 2 heterocycles. The van der Waals surface area contributed by atoms with Crippen molar-refractivity contribution in [1.29, 1.82) is 0 Å². The van der Waals surface area contributed by atoms with Gasteiger partial charge in [0.25, 0.3) is 0 Å². The van der Waals surface area contributed by atoms with E-state index in [9.17, 15) is 4.79 Å². The van der Waals surface area contributed by atoms with Crippen LogP contribution in [-0.2, 0) is 4.79 Å². The summed E-state index contributed by atoms with van der Waals surface area (Å²) in [5, 5.41) is 6.54. The van der Waals surface area contributed by atoms with Crippen LogP contribution in [0.5, 0.6) is 0 Å². The first-order valence-electron chi connectivity index (χ1n) is 8.63. The molecule has 1 unspecified atom stereocenters. The summed E-state index contributed by atoms with van der Waals surface area (Å²) in [5.41, 5.74) is 2.50. The van der Waals surface area contributed by atoms with E-state index < -0.39 is 0 Å². The Morgan fingerprint density at radius 1 is 1.17 bits per heavy atom. The maximum absolute atomic E-state index is 12.5. The van der Waals surface area contributed by atoms with Crippen LogP contribution >= 0.6 is 24.8 Å². The number of halogens is 2. The first kappa shape index (κ1) is 19.4. The van der Waals surface area contributed by atoms with Crippen LogP contribution in [0.3, 0.4) is 0 Å². The van der Waals surface area contributed by atoms with Crippen molar-refractivity contribution in [3.8, 4) is 0 Å². The summed E-state index contributed by atoms with van der Waals surface area (Å²) >= 11 is 0. The minimum atomic E-state index is 0. The molecule has 1 atom stereocenters. The van der Waals surface area contributed by atoms with Gasteiger partial charge in [0.05, 0.1) is 0 Å². The topological polar surface area (TPSA) is 44.4 Å². The summed E-state index contributed by atoms with van der Waals surface area (Å²) < 4.78 is 0. The highest BCUT2D eigenvalue weighted by molar-refractivity contribution is 5.95. The largest absolute Gasteiger partial charge is 0.371 e. The summed E-state index contributed by atoms with van der Waals surface area (Å²) in [7, 11) is 0. The van der Waals surface area contributed by atoms with Gasteiger partial charge in [-0.15, -0.1) is 24.8 Å². The number of anilines is 2. The van der Waals surface area contributed by atoms with Crippen molar-refractivity contribution in [3.05, 3.63) is 24.3 Å². The molecule has 1 saturated carbocycles. The molecule has 1 spiro atoms. The van der Waals surface area contributed by atoms with Gasteiger partial charge in [-0.2, -0.15) is 0 Å². The minimum absolute atomic E-state index is 0. The number of piperidine rings is 1. The van der Waals surface area contributed by atoms with Crippen molar-refractivity contribution in [1.82, 2.24) is 5.32 Å². The van der Waals surface area contributed by atoms with Crippen LogP contribution < -0.4 is 15.5 Å². The first-order chi connectivity index (χ1) is 10.8. The van der Waals surface area contributed by atoms with Crippen molar-refractivity contribution >= 4 is 42.1 Å². The number of amides is 1. The van der Waals surface area contributed by atoms with Crippen molar-refractivity contribution in [3.63, 3.8) is 0 Å². The number of benzene rings is 1. The number of carbonyl (C=O) groups excluding carboxylic acids is 1. The van der Waals surface area contributed by atoms with Crippen molar-refractivity contribution in [2.75, 3.05) is 36.4 Å². The van der Waals surface area contributed by atoms with Crippen LogP contribution in [0.1, 0.15) is 32.1 Å². The number of carbonyl (C=O) groups is 1. The summed E-state index contributed by atoms with van der Waals surface area (Å²) in [5.74, 6) is 0.450. The fourth-order valence-corrected chi connectivity index (χ4v) is 4.18. The van der Waals surface area contributed by atoms with Crippen LogP contribution in [0.25, 0.3) is 0 Å². The van der Waals surface area contributed by atoms with E-state index >= 15 is 0 Å². The van der Waals surface area contributed by atoms with E-state index in [1.165, 1.54) is 18.5 Å². The lowest BCUT2D eigenvalue weighted by Gasteiger charge is -2.23. The summed E-state index contributed by atoms with van der Waals surface area (Å²) in [6.07, 6.45) is 5.93. The van der Waals surface area contributed by atoms with E-state index in [1.807, 2.05) is 6.07 Å². The summed E-state index contributed by atoms with van der Waals surface area (Å²) in [6.45, 7) is 4.40. The average Bonchev–Trinajstić information content (AvgIpc) is 3.00. The van der Waals surface area contributed by atoms with Crippen LogP contribution in [0, 0.1) is 11.3 Å². The van der Waals surface area contributed by atoms with Gasteiger partial charge in [-0.25, -0.2) is 0 Å². The van der Waals surface area contributed by atoms with E-state index in [2.05, 4.69) is 33.7 Å². The molecule has 1 aliphatic carbocycles. The fourth-order valence-electron chi connectivity index (χ4n) is 4.18. The molecule has 3 fully saturated rings. The summed E-state index contributed by atoms with van der Waals surface area (Å²) in [4.78, 5) is 14.9. The molecule has 1 aromatic carbocycles. The molecule has 2 aliphatic heterocycles. The SMILES string of the molecule is Cl.Cl.O=C(Nc1cccc(N2CCCC2)c1)C1CC12CCNCC2. The van der Waals surface area contributed by atoms with Crippen molar-refractivity contribution < 1.29 is 4.79 Å². The Morgan fingerprint density at radius 2 is 1.88 bits per heavy atom. The van der Waals surface area contributed by atoms with E-state index in [1.54, 1.807) is 0 Å². The zero-order chi connectivity index (χ0) is 15.0. The molecule has 1 aromatic rings. The molecule has 0 bridgehead atoms. The molecule has 3 aliphatic rings. The van der Waals surface area contributed by atoms with Gasteiger partial charge in [-0.05, 0) is 68.8 Å². The molecule has 0 aromatic heterocycles. The smallest absolute Gasteiger partial charge is 0.228 e. The lowest BCUT2D eigenvalue weighted by atomic mass is 9.92. The van der Waals surface area contributed by atoms with Crippen molar-refractivity contribution in [2.45, 2.75) is 32.1 Å². The Kier molecular flexibility index (Phi) is 6.40. The van der Waals surface area contributed by atoms with Crippen LogP contribution in [0.15, 0.2) is 24.3 Å². The van der Waals surface area contributed by atoms with Gasteiger partial charge in [0, 0.05) is 30.4 Å². The third-order valence-electron chi connectivity index (χ3n) is 5.69. The Labute approximate surface area is 156 Å². The van der Waals surface area contributed by atoms with Crippen LogP contribution in [-0.4, -0.2) is 32.1 Å². The molecule has 4 nitrogen and oxygen atoms in total. The van der Waals surface area contributed by atoms with Gasteiger partial charge >= 0.3 is 0 Å². The van der Waals surface area contributed by atoms with E-state index in [0.717, 1.165) is 51.1 Å². The second kappa shape index (κ2) is 7.94. The average molecular weight is 372 g/mol. The Morgan fingerprint density at radius 3 is 2.58 bits per heavy atom. The normalized spacial score (nSPS) is 24.0. The summed E-state index contributed by atoms with van der Waals surface area (Å²) in [6, 6.07) is 8.33. The highest BCUT2D eigenvalue weighted by Crippen LogP contribution is 2.58. The fraction of sp³-hybridized carbons (Fsp3) is 0.611. The molecule has 4 rings (SSSR count). The molecule has 24 heavy (non-hydrogen) atoms. The Balaban J connectivity index is 0.00000104. The van der Waals surface area contributed by atoms with Crippen molar-refractivity contribution in [2.24, 2.45) is 11.3 Å². The van der Waals surface area contributed by atoms with Gasteiger partial charge < -0.3 is 15.5 Å². The lowest BCUT2D eigenvalue weighted by molar-refractivity contribution is -0.118. The predicted molar refractivity (Wildman–Crippen MR) is 104 cm³/mol. The molecule has 0 radical (unpaired) electrons. The molecule has 2 saturated heterocycles. The molecule has 1 amide bonds. The quantitative estimate of drug-likeness (QED) is 0.854. The Hall–Kier alpha value is -0.970. The Bertz CT molecular complexity index is 569. The van der Waals surface area contributed by atoms with Gasteiger partial charge in [0.2, 0.25) is 5.91 Å². The number of rotatable bonds is 3. The minimum Gasteiger partial charge on any atom is -0.371 e. The number of nitrogens with one attached hydrogen (secondary N) is 2. The second-order valence-electron chi connectivity index (χ2n) is 7.10. The molecular weight excluding hydrogens is 345 g/mol. The number of nitrogens with zero attached hydrogens (tertiary/aromatic N) is 1. The third-order valence-corrected chi connectivity index (χ3v) is 5.69. The zero-order valence-electron chi connectivity index (χ0n) is 13.9. The molecule has 6 heteroatoms. The monoisotopic (exact) mass is 371 g/mol.